The van der Waals surface area contributed by atoms with E-state index in [1.54, 1.807) is 0 Å². The average molecular weight is 261 g/mol. The number of rotatable bonds is 3. The zero-order chi connectivity index (χ0) is 13.2. The van der Waals surface area contributed by atoms with Crippen LogP contribution in [0.5, 0.6) is 0 Å². The SMILES string of the molecule is CN1CCC(c2ccc(N3CCCC3CN)nn2)C1. The standard InChI is InChI=1S/C14H23N5/c1-18-8-6-11(10-18)13-4-5-14(17-16-13)19-7-2-3-12(19)9-15/h4-5,11-12H,2-3,6-10,15H2,1H3. The quantitative estimate of drug-likeness (QED) is 0.873. The first-order chi connectivity index (χ1) is 9.28. The number of anilines is 1. The third-order valence-electron chi connectivity index (χ3n) is 4.42. The molecule has 5 heteroatoms. The number of aromatic nitrogens is 2. The van der Waals surface area contributed by atoms with Crippen LogP contribution in [0.1, 0.15) is 30.9 Å². The van der Waals surface area contributed by atoms with Crippen molar-refractivity contribution in [2.45, 2.75) is 31.2 Å². The van der Waals surface area contributed by atoms with Crippen molar-refractivity contribution < 1.29 is 0 Å². The maximum Gasteiger partial charge on any atom is 0.151 e. The maximum absolute atomic E-state index is 5.81. The molecule has 2 unspecified atom stereocenters. The number of likely N-dealkylation sites (N-methyl/N-ethyl adjacent to an activating group) is 1. The van der Waals surface area contributed by atoms with Gasteiger partial charge in [0.2, 0.25) is 0 Å². The molecule has 0 saturated carbocycles. The van der Waals surface area contributed by atoms with Crippen molar-refractivity contribution in [2.24, 2.45) is 5.73 Å². The molecule has 0 aliphatic carbocycles. The molecule has 2 fully saturated rings. The van der Waals surface area contributed by atoms with Crippen LogP contribution in [0, 0.1) is 0 Å². The highest BCUT2D eigenvalue weighted by Gasteiger charge is 2.26. The summed E-state index contributed by atoms with van der Waals surface area (Å²) in [6.07, 6.45) is 3.58. The summed E-state index contributed by atoms with van der Waals surface area (Å²) in [6, 6.07) is 4.71. The minimum absolute atomic E-state index is 0.442. The third-order valence-corrected chi connectivity index (χ3v) is 4.42. The number of hydrogen-bond acceptors (Lipinski definition) is 5. The van der Waals surface area contributed by atoms with Gasteiger partial charge in [-0.3, -0.25) is 0 Å². The highest BCUT2D eigenvalue weighted by atomic mass is 15.3. The fraction of sp³-hybridized carbons (Fsp3) is 0.714. The van der Waals surface area contributed by atoms with E-state index in [9.17, 15) is 0 Å². The summed E-state index contributed by atoms with van der Waals surface area (Å²) in [5, 5.41) is 8.88. The lowest BCUT2D eigenvalue weighted by Crippen LogP contribution is -2.36. The molecule has 2 aliphatic rings. The molecule has 19 heavy (non-hydrogen) atoms. The van der Waals surface area contributed by atoms with Crippen LogP contribution in [0.25, 0.3) is 0 Å². The molecule has 0 bridgehead atoms. The molecule has 104 valence electrons. The lowest BCUT2D eigenvalue weighted by Gasteiger charge is -2.24. The predicted molar refractivity (Wildman–Crippen MR) is 76.3 cm³/mol. The Kier molecular flexibility index (Phi) is 3.66. The molecule has 3 heterocycles. The van der Waals surface area contributed by atoms with Gasteiger partial charge < -0.3 is 15.5 Å². The first-order valence-electron chi connectivity index (χ1n) is 7.27. The minimum Gasteiger partial charge on any atom is -0.351 e. The number of likely N-dealkylation sites (tertiary alicyclic amines) is 1. The molecule has 2 aliphatic heterocycles. The van der Waals surface area contributed by atoms with Crippen molar-refractivity contribution in [3.8, 4) is 0 Å². The van der Waals surface area contributed by atoms with Crippen molar-refractivity contribution in [2.75, 3.05) is 38.1 Å². The van der Waals surface area contributed by atoms with Gasteiger partial charge in [0, 0.05) is 31.6 Å². The van der Waals surface area contributed by atoms with E-state index in [4.69, 9.17) is 5.73 Å². The van der Waals surface area contributed by atoms with Gasteiger partial charge in [-0.25, -0.2) is 0 Å². The lowest BCUT2D eigenvalue weighted by molar-refractivity contribution is 0.410. The molecule has 3 rings (SSSR count). The fourth-order valence-electron chi connectivity index (χ4n) is 3.27. The molecule has 0 aromatic carbocycles. The summed E-state index contributed by atoms with van der Waals surface area (Å²) in [7, 11) is 2.16. The van der Waals surface area contributed by atoms with Gasteiger partial charge in [-0.2, -0.15) is 5.10 Å². The van der Waals surface area contributed by atoms with Crippen LogP contribution in [0.3, 0.4) is 0 Å². The first-order valence-corrected chi connectivity index (χ1v) is 7.27. The van der Waals surface area contributed by atoms with Crippen molar-refractivity contribution in [1.82, 2.24) is 15.1 Å². The van der Waals surface area contributed by atoms with Gasteiger partial charge in [-0.05, 0) is 45.0 Å². The molecule has 2 N–H and O–H groups in total. The summed E-state index contributed by atoms with van der Waals surface area (Å²) < 4.78 is 0. The highest BCUT2D eigenvalue weighted by Crippen LogP contribution is 2.27. The first kappa shape index (κ1) is 12.8. The van der Waals surface area contributed by atoms with Crippen LogP contribution in [-0.4, -0.2) is 54.4 Å². The van der Waals surface area contributed by atoms with E-state index in [2.05, 4.69) is 39.2 Å². The molecular formula is C14H23N5. The molecule has 2 atom stereocenters. The maximum atomic E-state index is 5.81. The van der Waals surface area contributed by atoms with E-state index in [0.717, 1.165) is 31.1 Å². The van der Waals surface area contributed by atoms with Crippen LogP contribution in [0.4, 0.5) is 5.82 Å². The highest BCUT2D eigenvalue weighted by molar-refractivity contribution is 5.40. The Morgan fingerprint density at radius 1 is 1.26 bits per heavy atom. The molecule has 5 nitrogen and oxygen atoms in total. The van der Waals surface area contributed by atoms with Gasteiger partial charge in [0.1, 0.15) is 0 Å². The second-order valence-electron chi connectivity index (χ2n) is 5.79. The zero-order valence-corrected chi connectivity index (χ0v) is 11.6. The monoisotopic (exact) mass is 261 g/mol. The van der Waals surface area contributed by atoms with Crippen LogP contribution in [0.2, 0.25) is 0 Å². The summed E-state index contributed by atoms with van der Waals surface area (Å²) >= 11 is 0. The Hall–Kier alpha value is -1.20. The average Bonchev–Trinajstić information content (AvgIpc) is 3.07. The Morgan fingerprint density at radius 2 is 2.16 bits per heavy atom. The molecule has 1 aromatic rings. The van der Waals surface area contributed by atoms with Crippen molar-refractivity contribution in [3.63, 3.8) is 0 Å². The second-order valence-corrected chi connectivity index (χ2v) is 5.79. The van der Waals surface area contributed by atoms with E-state index in [-0.39, 0.29) is 0 Å². The topological polar surface area (TPSA) is 58.3 Å². The zero-order valence-electron chi connectivity index (χ0n) is 11.6. The molecule has 0 radical (unpaired) electrons. The summed E-state index contributed by atoms with van der Waals surface area (Å²) in [4.78, 5) is 4.66. The molecular weight excluding hydrogens is 238 g/mol. The van der Waals surface area contributed by atoms with E-state index >= 15 is 0 Å². The van der Waals surface area contributed by atoms with Crippen molar-refractivity contribution in [1.29, 1.82) is 0 Å². The predicted octanol–water partition coefficient (Wildman–Crippen LogP) is 0.823. The largest absolute Gasteiger partial charge is 0.351 e. The second kappa shape index (κ2) is 5.43. The fourth-order valence-corrected chi connectivity index (χ4v) is 3.27. The Labute approximate surface area is 114 Å². The summed E-state index contributed by atoms with van der Waals surface area (Å²) in [5.74, 6) is 1.54. The van der Waals surface area contributed by atoms with E-state index in [0.29, 0.717) is 18.5 Å². The van der Waals surface area contributed by atoms with E-state index < -0.39 is 0 Å². The number of nitrogens with two attached hydrogens (primary N) is 1. The van der Waals surface area contributed by atoms with Crippen LogP contribution in [-0.2, 0) is 0 Å². The third kappa shape index (κ3) is 2.58. The lowest BCUT2D eigenvalue weighted by atomic mass is 10.1. The van der Waals surface area contributed by atoms with E-state index in [1.165, 1.54) is 19.3 Å². The Morgan fingerprint density at radius 3 is 2.79 bits per heavy atom. The number of nitrogens with zero attached hydrogens (tertiary/aromatic N) is 4. The van der Waals surface area contributed by atoms with Crippen LogP contribution < -0.4 is 10.6 Å². The van der Waals surface area contributed by atoms with Crippen LogP contribution in [0.15, 0.2) is 12.1 Å². The van der Waals surface area contributed by atoms with Gasteiger partial charge in [-0.1, -0.05) is 0 Å². The van der Waals surface area contributed by atoms with E-state index in [1.807, 2.05) is 0 Å². The van der Waals surface area contributed by atoms with Gasteiger partial charge in [0.15, 0.2) is 5.82 Å². The minimum atomic E-state index is 0.442. The Balaban J connectivity index is 1.72. The molecule has 2 saturated heterocycles. The van der Waals surface area contributed by atoms with Gasteiger partial charge in [0.05, 0.1) is 5.69 Å². The normalized spacial score (nSPS) is 28.2. The van der Waals surface area contributed by atoms with Gasteiger partial charge in [0.25, 0.3) is 0 Å². The Bertz CT molecular complexity index is 418. The van der Waals surface area contributed by atoms with Crippen LogP contribution >= 0.6 is 0 Å². The van der Waals surface area contributed by atoms with Gasteiger partial charge in [-0.15, -0.1) is 5.10 Å². The smallest absolute Gasteiger partial charge is 0.151 e. The molecule has 0 spiro atoms. The summed E-state index contributed by atoms with van der Waals surface area (Å²) in [6.45, 7) is 4.03. The van der Waals surface area contributed by atoms with Crippen molar-refractivity contribution in [3.05, 3.63) is 17.8 Å². The molecule has 0 amide bonds. The van der Waals surface area contributed by atoms with Gasteiger partial charge >= 0.3 is 0 Å². The van der Waals surface area contributed by atoms with Crippen molar-refractivity contribution >= 4 is 5.82 Å². The summed E-state index contributed by atoms with van der Waals surface area (Å²) in [5.41, 5.74) is 6.95. The molecule has 1 aromatic heterocycles. The number of hydrogen-bond donors (Lipinski definition) is 1.